The lowest BCUT2D eigenvalue weighted by molar-refractivity contribution is -0.133. The fourth-order valence-electron chi connectivity index (χ4n) is 4.55. The standard InChI is InChI=1S/C24H28N4O3/c29-22(27-15-12-18(13-16-27)17-5-2-1-3-6-17)11-10-21-25-23(26-31-21)20-7-4-14-28(20)24(30)19-8-9-19/h1-3,5-6,12,19-20H,4,7-11,13-16H2. The molecule has 2 aliphatic heterocycles. The van der Waals surface area contributed by atoms with Crippen LogP contribution >= 0.6 is 0 Å². The summed E-state index contributed by atoms with van der Waals surface area (Å²) in [6.45, 7) is 2.14. The van der Waals surface area contributed by atoms with Gasteiger partial charge in [-0.05, 0) is 43.2 Å². The van der Waals surface area contributed by atoms with Crippen LogP contribution in [0, 0.1) is 5.92 Å². The van der Waals surface area contributed by atoms with Gasteiger partial charge in [-0.25, -0.2) is 0 Å². The van der Waals surface area contributed by atoms with Crippen molar-refractivity contribution in [3.8, 4) is 0 Å². The van der Waals surface area contributed by atoms with Gasteiger partial charge in [-0.1, -0.05) is 41.6 Å². The summed E-state index contributed by atoms with van der Waals surface area (Å²) in [5.74, 6) is 1.60. The Balaban J connectivity index is 1.14. The molecule has 1 aliphatic carbocycles. The molecular weight excluding hydrogens is 392 g/mol. The zero-order valence-corrected chi connectivity index (χ0v) is 17.7. The number of aromatic nitrogens is 2. The van der Waals surface area contributed by atoms with E-state index in [9.17, 15) is 9.59 Å². The van der Waals surface area contributed by atoms with Gasteiger partial charge in [-0.2, -0.15) is 4.98 Å². The molecule has 1 unspecified atom stereocenters. The topological polar surface area (TPSA) is 79.5 Å². The minimum absolute atomic E-state index is 0.0788. The highest BCUT2D eigenvalue weighted by Crippen LogP contribution is 2.38. The van der Waals surface area contributed by atoms with Crippen LogP contribution < -0.4 is 0 Å². The van der Waals surface area contributed by atoms with Crippen molar-refractivity contribution in [2.24, 2.45) is 5.92 Å². The molecule has 7 heteroatoms. The molecule has 3 heterocycles. The fourth-order valence-corrected chi connectivity index (χ4v) is 4.55. The van der Waals surface area contributed by atoms with Gasteiger partial charge in [-0.3, -0.25) is 9.59 Å². The van der Waals surface area contributed by atoms with Crippen molar-refractivity contribution >= 4 is 17.4 Å². The molecule has 1 atom stereocenters. The Morgan fingerprint density at radius 1 is 1.10 bits per heavy atom. The van der Waals surface area contributed by atoms with Gasteiger partial charge >= 0.3 is 0 Å². The van der Waals surface area contributed by atoms with E-state index >= 15 is 0 Å². The first-order valence-electron chi connectivity index (χ1n) is 11.3. The molecule has 5 rings (SSSR count). The van der Waals surface area contributed by atoms with Crippen molar-refractivity contribution < 1.29 is 14.1 Å². The smallest absolute Gasteiger partial charge is 0.227 e. The third kappa shape index (κ3) is 4.40. The molecule has 2 fully saturated rings. The SMILES string of the molecule is O=C(CCc1nc(C2CCCN2C(=O)C2CC2)no1)N1CC=C(c2ccccc2)CC1. The van der Waals surface area contributed by atoms with Crippen molar-refractivity contribution in [3.63, 3.8) is 0 Å². The van der Waals surface area contributed by atoms with Gasteiger partial charge in [0, 0.05) is 38.4 Å². The number of benzene rings is 1. The highest BCUT2D eigenvalue weighted by Gasteiger charge is 2.40. The summed E-state index contributed by atoms with van der Waals surface area (Å²) < 4.78 is 5.41. The Bertz CT molecular complexity index is 980. The Kier molecular flexibility index (Phi) is 5.57. The van der Waals surface area contributed by atoms with Crippen LogP contribution in [-0.4, -0.2) is 51.4 Å². The van der Waals surface area contributed by atoms with E-state index in [-0.39, 0.29) is 23.8 Å². The Morgan fingerprint density at radius 2 is 1.94 bits per heavy atom. The molecule has 2 aromatic rings. The van der Waals surface area contributed by atoms with E-state index in [4.69, 9.17) is 4.52 Å². The second-order valence-electron chi connectivity index (χ2n) is 8.70. The molecule has 7 nitrogen and oxygen atoms in total. The lowest BCUT2D eigenvalue weighted by Gasteiger charge is -2.26. The van der Waals surface area contributed by atoms with Crippen LogP contribution in [-0.2, 0) is 16.0 Å². The largest absolute Gasteiger partial charge is 0.339 e. The van der Waals surface area contributed by atoms with E-state index < -0.39 is 0 Å². The second kappa shape index (κ2) is 8.65. The van der Waals surface area contributed by atoms with Gasteiger partial charge < -0.3 is 14.3 Å². The fraction of sp³-hybridized carbons (Fsp3) is 0.500. The van der Waals surface area contributed by atoms with Gasteiger partial charge in [0.2, 0.25) is 17.7 Å². The molecule has 1 saturated carbocycles. The number of rotatable bonds is 6. The van der Waals surface area contributed by atoms with Gasteiger partial charge in [0.1, 0.15) is 0 Å². The Labute approximate surface area is 182 Å². The third-order valence-corrected chi connectivity index (χ3v) is 6.50. The molecule has 1 saturated heterocycles. The quantitative estimate of drug-likeness (QED) is 0.716. The number of amides is 2. The lowest BCUT2D eigenvalue weighted by Crippen LogP contribution is -2.34. The second-order valence-corrected chi connectivity index (χ2v) is 8.70. The summed E-state index contributed by atoms with van der Waals surface area (Å²) in [6, 6.07) is 10.2. The maximum absolute atomic E-state index is 12.7. The van der Waals surface area contributed by atoms with E-state index in [1.807, 2.05) is 28.0 Å². The summed E-state index contributed by atoms with van der Waals surface area (Å²) in [6.07, 6.45) is 7.64. The van der Waals surface area contributed by atoms with E-state index in [2.05, 4.69) is 28.3 Å². The van der Waals surface area contributed by atoms with Crippen molar-refractivity contribution in [1.29, 1.82) is 0 Å². The van der Waals surface area contributed by atoms with E-state index in [0.29, 0.717) is 31.1 Å². The monoisotopic (exact) mass is 420 g/mol. The van der Waals surface area contributed by atoms with Crippen LogP contribution in [0.1, 0.15) is 61.8 Å². The van der Waals surface area contributed by atoms with Crippen LogP contribution in [0.4, 0.5) is 0 Å². The summed E-state index contributed by atoms with van der Waals surface area (Å²) in [7, 11) is 0. The molecule has 162 valence electrons. The van der Waals surface area contributed by atoms with Crippen molar-refractivity contribution in [3.05, 3.63) is 53.7 Å². The van der Waals surface area contributed by atoms with Crippen molar-refractivity contribution in [2.75, 3.05) is 19.6 Å². The van der Waals surface area contributed by atoms with Crippen LogP contribution in [0.15, 0.2) is 40.9 Å². The minimum atomic E-state index is -0.0788. The van der Waals surface area contributed by atoms with Gasteiger partial charge in [0.25, 0.3) is 0 Å². The number of hydrogen-bond donors (Lipinski definition) is 0. The maximum atomic E-state index is 12.7. The van der Waals surface area contributed by atoms with Crippen LogP contribution in [0.3, 0.4) is 0 Å². The summed E-state index contributed by atoms with van der Waals surface area (Å²) >= 11 is 0. The van der Waals surface area contributed by atoms with E-state index in [1.165, 1.54) is 11.1 Å². The predicted octanol–water partition coefficient (Wildman–Crippen LogP) is 3.39. The number of aryl methyl sites for hydroxylation is 1. The van der Waals surface area contributed by atoms with Crippen LogP contribution in [0.5, 0.6) is 0 Å². The lowest BCUT2D eigenvalue weighted by atomic mass is 9.99. The summed E-state index contributed by atoms with van der Waals surface area (Å²) in [4.78, 5) is 33.5. The molecule has 0 N–H and O–H groups in total. The van der Waals surface area contributed by atoms with Gasteiger partial charge in [0.15, 0.2) is 5.82 Å². The number of hydrogen-bond acceptors (Lipinski definition) is 5. The molecule has 0 spiro atoms. The number of nitrogens with zero attached hydrogens (tertiary/aromatic N) is 4. The number of likely N-dealkylation sites (tertiary alicyclic amines) is 1. The van der Waals surface area contributed by atoms with Gasteiger partial charge in [0.05, 0.1) is 6.04 Å². The maximum Gasteiger partial charge on any atom is 0.227 e. The first kappa shape index (κ1) is 20.0. The zero-order chi connectivity index (χ0) is 21.2. The van der Waals surface area contributed by atoms with Gasteiger partial charge in [-0.15, -0.1) is 0 Å². The molecule has 31 heavy (non-hydrogen) atoms. The normalized spacial score (nSPS) is 21.3. The molecule has 3 aliphatic rings. The first-order valence-corrected chi connectivity index (χ1v) is 11.3. The van der Waals surface area contributed by atoms with Crippen LogP contribution in [0.2, 0.25) is 0 Å². The first-order chi connectivity index (χ1) is 15.2. The molecule has 1 aromatic heterocycles. The highest BCUT2D eigenvalue weighted by atomic mass is 16.5. The summed E-state index contributed by atoms with van der Waals surface area (Å²) in [5.41, 5.74) is 2.53. The average molecular weight is 421 g/mol. The number of carbonyl (C=O) groups is 2. The molecule has 0 radical (unpaired) electrons. The number of carbonyl (C=O) groups excluding carboxylic acids is 2. The zero-order valence-electron chi connectivity index (χ0n) is 17.7. The molecule has 2 amide bonds. The highest BCUT2D eigenvalue weighted by molar-refractivity contribution is 5.81. The average Bonchev–Trinajstić information content (AvgIpc) is 3.36. The Morgan fingerprint density at radius 3 is 2.68 bits per heavy atom. The molecule has 0 bridgehead atoms. The predicted molar refractivity (Wildman–Crippen MR) is 115 cm³/mol. The molecule has 1 aromatic carbocycles. The summed E-state index contributed by atoms with van der Waals surface area (Å²) in [5, 5.41) is 4.13. The third-order valence-electron chi connectivity index (χ3n) is 6.50. The van der Waals surface area contributed by atoms with Crippen LogP contribution in [0.25, 0.3) is 5.57 Å². The van der Waals surface area contributed by atoms with E-state index in [0.717, 1.165) is 45.2 Å². The van der Waals surface area contributed by atoms with Crippen molar-refractivity contribution in [2.45, 2.75) is 51.0 Å². The Hall–Kier alpha value is -2.96. The van der Waals surface area contributed by atoms with Crippen molar-refractivity contribution in [1.82, 2.24) is 19.9 Å². The molecular formula is C24H28N4O3. The minimum Gasteiger partial charge on any atom is -0.339 e. The van der Waals surface area contributed by atoms with E-state index in [1.54, 1.807) is 0 Å².